The minimum absolute atomic E-state index is 0.0597. The van der Waals surface area contributed by atoms with Crippen molar-refractivity contribution in [2.75, 3.05) is 6.61 Å². The molecule has 0 saturated carbocycles. The van der Waals surface area contributed by atoms with Crippen LogP contribution in [0.2, 0.25) is 0 Å². The molecule has 0 spiro atoms. The smallest absolute Gasteiger partial charge is 0.251 e. The van der Waals surface area contributed by atoms with Gasteiger partial charge in [-0.2, -0.15) is 0 Å². The number of hydrogen-bond acceptors (Lipinski definition) is 3. The third-order valence-electron chi connectivity index (χ3n) is 3.79. The molecule has 0 saturated heterocycles. The molecular weight excluding hydrogens is 266 g/mol. The number of hydrogen-bond donors (Lipinski definition) is 2. The van der Waals surface area contributed by atoms with Crippen LogP contribution in [0.4, 0.5) is 0 Å². The van der Waals surface area contributed by atoms with E-state index in [-0.39, 0.29) is 18.1 Å². The number of aromatic nitrogens is 2. The van der Waals surface area contributed by atoms with Gasteiger partial charge in [0, 0.05) is 35.8 Å². The molecule has 0 bridgehead atoms. The van der Waals surface area contributed by atoms with E-state index in [2.05, 4.69) is 10.3 Å². The molecule has 1 unspecified atom stereocenters. The van der Waals surface area contributed by atoms with Crippen LogP contribution in [0, 0.1) is 0 Å². The molecule has 0 radical (unpaired) electrons. The number of aliphatic hydroxyl groups is 1. The Morgan fingerprint density at radius 2 is 2.10 bits per heavy atom. The predicted octanol–water partition coefficient (Wildman–Crippen LogP) is 2.15. The molecule has 2 aromatic rings. The average Bonchev–Trinajstić information content (AvgIpc) is 3.02. The van der Waals surface area contributed by atoms with Gasteiger partial charge < -0.3 is 15.0 Å². The average molecular weight is 287 g/mol. The Hall–Kier alpha value is -2.14. The first-order valence-electron chi connectivity index (χ1n) is 7.10. The zero-order chi connectivity index (χ0) is 15.3. The maximum atomic E-state index is 12.3. The lowest BCUT2D eigenvalue weighted by Crippen LogP contribution is -2.46. The van der Waals surface area contributed by atoms with Crippen LogP contribution in [0.5, 0.6) is 0 Å². The topological polar surface area (TPSA) is 67.2 Å². The first-order valence-corrected chi connectivity index (χ1v) is 7.10. The van der Waals surface area contributed by atoms with E-state index in [4.69, 9.17) is 5.11 Å². The van der Waals surface area contributed by atoms with E-state index >= 15 is 0 Å². The number of nitrogens with zero attached hydrogens (tertiary/aromatic N) is 2. The highest BCUT2D eigenvalue weighted by atomic mass is 16.3. The van der Waals surface area contributed by atoms with Crippen LogP contribution >= 0.6 is 0 Å². The van der Waals surface area contributed by atoms with Crippen LogP contribution in [0.25, 0.3) is 5.69 Å². The summed E-state index contributed by atoms with van der Waals surface area (Å²) in [6.07, 6.45) is 6.59. The second-order valence-corrected chi connectivity index (χ2v) is 5.36. The summed E-state index contributed by atoms with van der Waals surface area (Å²) in [6.45, 7) is 4.00. The Labute approximate surface area is 124 Å². The summed E-state index contributed by atoms with van der Waals surface area (Å²) in [6, 6.07) is 7.34. The van der Waals surface area contributed by atoms with Crippen molar-refractivity contribution in [3.8, 4) is 5.69 Å². The number of benzene rings is 1. The highest BCUT2D eigenvalue weighted by molar-refractivity contribution is 5.94. The Morgan fingerprint density at radius 1 is 1.38 bits per heavy atom. The molecule has 1 heterocycles. The van der Waals surface area contributed by atoms with Crippen molar-refractivity contribution in [3.63, 3.8) is 0 Å². The largest absolute Gasteiger partial charge is 0.396 e. The molecule has 2 rings (SSSR count). The summed E-state index contributed by atoms with van der Waals surface area (Å²) in [5.41, 5.74) is 1.18. The fourth-order valence-corrected chi connectivity index (χ4v) is 2.12. The van der Waals surface area contributed by atoms with Gasteiger partial charge in [0.2, 0.25) is 0 Å². The maximum absolute atomic E-state index is 12.3. The molecule has 5 nitrogen and oxygen atoms in total. The molecule has 112 valence electrons. The number of carbonyl (C=O) groups is 1. The van der Waals surface area contributed by atoms with Crippen molar-refractivity contribution in [2.45, 2.75) is 32.2 Å². The van der Waals surface area contributed by atoms with Crippen molar-refractivity contribution in [3.05, 3.63) is 48.5 Å². The van der Waals surface area contributed by atoms with Crippen molar-refractivity contribution in [1.29, 1.82) is 0 Å². The third-order valence-corrected chi connectivity index (χ3v) is 3.79. The van der Waals surface area contributed by atoms with Gasteiger partial charge >= 0.3 is 0 Å². The van der Waals surface area contributed by atoms with Gasteiger partial charge in [0.05, 0.1) is 6.33 Å². The summed E-state index contributed by atoms with van der Waals surface area (Å²) in [4.78, 5) is 16.3. The molecule has 0 fully saturated rings. The molecule has 0 aliphatic heterocycles. The van der Waals surface area contributed by atoms with E-state index in [0.29, 0.717) is 12.0 Å². The molecular formula is C16H21N3O2. The molecule has 1 amide bonds. The number of amides is 1. The Bertz CT molecular complexity index is 578. The molecule has 0 aliphatic carbocycles. The van der Waals surface area contributed by atoms with Crippen LogP contribution in [0.15, 0.2) is 43.0 Å². The number of aliphatic hydroxyl groups excluding tert-OH is 1. The molecule has 2 N–H and O–H groups in total. The fourth-order valence-electron chi connectivity index (χ4n) is 2.12. The van der Waals surface area contributed by atoms with Gasteiger partial charge in [0.15, 0.2) is 0 Å². The van der Waals surface area contributed by atoms with E-state index in [1.54, 1.807) is 24.7 Å². The highest BCUT2D eigenvalue weighted by Gasteiger charge is 2.24. The summed E-state index contributed by atoms with van der Waals surface area (Å²) in [5.74, 6) is -0.120. The Balaban J connectivity index is 2.10. The third kappa shape index (κ3) is 3.70. The summed E-state index contributed by atoms with van der Waals surface area (Å²) in [7, 11) is 0. The van der Waals surface area contributed by atoms with Crippen LogP contribution in [-0.2, 0) is 0 Å². The Kier molecular flexibility index (Phi) is 4.75. The maximum Gasteiger partial charge on any atom is 0.251 e. The van der Waals surface area contributed by atoms with E-state index in [9.17, 15) is 4.79 Å². The lowest BCUT2D eigenvalue weighted by atomic mass is 9.94. The predicted molar refractivity (Wildman–Crippen MR) is 81.4 cm³/mol. The normalized spacial score (nSPS) is 13.7. The number of carbonyl (C=O) groups excluding carboxylic acids is 1. The first kappa shape index (κ1) is 15.3. The van der Waals surface area contributed by atoms with E-state index in [1.807, 2.05) is 36.7 Å². The fraction of sp³-hybridized carbons (Fsp3) is 0.375. The lowest BCUT2D eigenvalue weighted by molar-refractivity contribution is 0.0886. The standard InChI is InChI=1S/C16H21N3O2/c1-3-16(2,8-11-20)18-15(21)13-4-6-14(7-5-13)19-10-9-17-12-19/h4-7,9-10,12,20H,3,8,11H2,1-2H3,(H,18,21). The highest BCUT2D eigenvalue weighted by Crippen LogP contribution is 2.16. The summed E-state index contributed by atoms with van der Waals surface area (Å²) >= 11 is 0. The van der Waals surface area contributed by atoms with Gasteiger partial charge in [0.25, 0.3) is 5.91 Å². The van der Waals surface area contributed by atoms with Crippen molar-refractivity contribution < 1.29 is 9.90 Å². The van der Waals surface area contributed by atoms with Gasteiger partial charge in [-0.3, -0.25) is 4.79 Å². The van der Waals surface area contributed by atoms with Gasteiger partial charge in [-0.05, 0) is 44.0 Å². The minimum Gasteiger partial charge on any atom is -0.396 e. The van der Waals surface area contributed by atoms with Crippen molar-refractivity contribution in [2.24, 2.45) is 0 Å². The lowest BCUT2D eigenvalue weighted by Gasteiger charge is -2.29. The zero-order valence-corrected chi connectivity index (χ0v) is 12.4. The summed E-state index contributed by atoms with van der Waals surface area (Å²) < 4.78 is 1.88. The summed E-state index contributed by atoms with van der Waals surface area (Å²) in [5, 5.41) is 12.1. The van der Waals surface area contributed by atoms with Crippen LogP contribution in [-0.4, -0.2) is 32.7 Å². The van der Waals surface area contributed by atoms with Crippen LogP contribution in [0.1, 0.15) is 37.0 Å². The zero-order valence-electron chi connectivity index (χ0n) is 12.4. The SMILES string of the molecule is CCC(C)(CCO)NC(=O)c1ccc(-n2ccnc2)cc1. The van der Waals surface area contributed by atoms with Gasteiger partial charge in [-0.15, -0.1) is 0 Å². The first-order chi connectivity index (χ1) is 10.1. The van der Waals surface area contributed by atoms with Gasteiger partial charge in [0.1, 0.15) is 0 Å². The van der Waals surface area contributed by atoms with E-state index in [0.717, 1.165) is 12.1 Å². The van der Waals surface area contributed by atoms with Crippen molar-refractivity contribution in [1.82, 2.24) is 14.9 Å². The Morgan fingerprint density at radius 3 is 2.62 bits per heavy atom. The molecule has 0 aliphatic rings. The van der Waals surface area contributed by atoms with E-state index < -0.39 is 0 Å². The number of nitrogens with one attached hydrogen (secondary N) is 1. The molecule has 1 aromatic carbocycles. The minimum atomic E-state index is -0.380. The molecule has 21 heavy (non-hydrogen) atoms. The number of imidazole rings is 1. The van der Waals surface area contributed by atoms with Gasteiger partial charge in [-0.1, -0.05) is 6.92 Å². The molecule has 5 heteroatoms. The van der Waals surface area contributed by atoms with Gasteiger partial charge in [-0.25, -0.2) is 4.98 Å². The molecule has 1 aromatic heterocycles. The van der Waals surface area contributed by atoms with Crippen molar-refractivity contribution >= 4 is 5.91 Å². The number of rotatable bonds is 6. The molecule has 1 atom stereocenters. The van der Waals surface area contributed by atoms with Crippen LogP contribution < -0.4 is 5.32 Å². The second-order valence-electron chi connectivity index (χ2n) is 5.36. The van der Waals surface area contributed by atoms with Crippen LogP contribution in [0.3, 0.4) is 0 Å². The van der Waals surface area contributed by atoms with E-state index in [1.165, 1.54) is 0 Å². The second kappa shape index (κ2) is 6.54. The quantitative estimate of drug-likeness (QED) is 0.855. The monoisotopic (exact) mass is 287 g/mol.